The zero-order valence-corrected chi connectivity index (χ0v) is 13.4. The van der Waals surface area contributed by atoms with Gasteiger partial charge in [0.1, 0.15) is 11.5 Å². The minimum atomic E-state index is -1.18. The van der Waals surface area contributed by atoms with Crippen molar-refractivity contribution in [2.75, 3.05) is 0 Å². The van der Waals surface area contributed by atoms with E-state index in [0.717, 1.165) is 0 Å². The predicted octanol–water partition coefficient (Wildman–Crippen LogP) is 1.60. The molecule has 25 heavy (non-hydrogen) atoms. The lowest BCUT2D eigenvalue weighted by atomic mass is 9.74. The average Bonchev–Trinajstić information content (AvgIpc) is 2.50. The summed E-state index contributed by atoms with van der Waals surface area (Å²) in [4.78, 5) is 25.6. The van der Waals surface area contributed by atoms with Crippen molar-refractivity contribution >= 4 is 11.6 Å². The second kappa shape index (κ2) is 4.91. The second-order valence-corrected chi connectivity index (χ2v) is 6.97. The quantitative estimate of drug-likeness (QED) is 0.494. The zero-order valence-electron chi connectivity index (χ0n) is 13.4. The lowest BCUT2D eigenvalue weighted by Crippen LogP contribution is -2.35. The molecule has 2 aliphatic carbocycles. The molecular weight excluding hydrogens is 324 g/mol. The molecule has 0 aliphatic heterocycles. The zero-order chi connectivity index (χ0) is 18.1. The van der Waals surface area contributed by atoms with Crippen molar-refractivity contribution < 1.29 is 30.0 Å². The Morgan fingerprint density at radius 3 is 2.52 bits per heavy atom. The molecule has 128 valence electrons. The van der Waals surface area contributed by atoms with Crippen molar-refractivity contribution in [2.45, 2.75) is 31.5 Å². The Morgan fingerprint density at radius 1 is 1.08 bits per heavy atom. The first kappa shape index (κ1) is 15.8. The van der Waals surface area contributed by atoms with E-state index in [2.05, 4.69) is 0 Å². The van der Waals surface area contributed by atoms with Crippen LogP contribution in [0.4, 0.5) is 0 Å². The fourth-order valence-corrected chi connectivity index (χ4v) is 3.90. The van der Waals surface area contributed by atoms with E-state index in [-0.39, 0.29) is 46.4 Å². The topological polar surface area (TPSA) is 115 Å². The molecule has 6 nitrogen and oxygen atoms in total. The molecule has 2 aromatic carbocycles. The van der Waals surface area contributed by atoms with E-state index in [1.165, 1.54) is 24.3 Å². The van der Waals surface area contributed by atoms with Gasteiger partial charge in [0.25, 0.3) is 0 Å². The van der Waals surface area contributed by atoms with Crippen LogP contribution in [0.5, 0.6) is 11.5 Å². The molecule has 2 aliphatic rings. The van der Waals surface area contributed by atoms with E-state index in [9.17, 15) is 30.0 Å². The highest BCUT2D eigenvalue weighted by Crippen LogP contribution is 2.46. The number of carbonyl (C=O) groups excluding carboxylic acids is 2. The number of ketones is 2. The fourth-order valence-electron chi connectivity index (χ4n) is 3.90. The van der Waals surface area contributed by atoms with Crippen molar-refractivity contribution in [1.29, 1.82) is 0 Å². The molecule has 0 aromatic heterocycles. The molecule has 2 aromatic rings. The van der Waals surface area contributed by atoms with Crippen molar-refractivity contribution in [2.24, 2.45) is 0 Å². The number of rotatable bonds is 0. The number of aliphatic hydroxyl groups excluding tert-OH is 1. The van der Waals surface area contributed by atoms with E-state index in [4.69, 9.17) is 0 Å². The molecule has 2 atom stereocenters. The summed E-state index contributed by atoms with van der Waals surface area (Å²) in [6.45, 7) is 1.57. The van der Waals surface area contributed by atoms with Gasteiger partial charge in [0.2, 0.25) is 5.78 Å². The highest BCUT2D eigenvalue weighted by atomic mass is 16.3. The maximum Gasteiger partial charge on any atom is 0.201 e. The number of hydrogen-bond acceptors (Lipinski definition) is 6. The second-order valence-electron chi connectivity index (χ2n) is 6.97. The predicted molar refractivity (Wildman–Crippen MR) is 87.0 cm³/mol. The van der Waals surface area contributed by atoms with Crippen molar-refractivity contribution in [3.63, 3.8) is 0 Å². The Hall–Kier alpha value is -2.70. The highest BCUT2D eigenvalue weighted by Gasteiger charge is 2.41. The molecule has 4 rings (SSSR count). The van der Waals surface area contributed by atoms with Gasteiger partial charge in [-0.15, -0.1) is 0 Å². The van der Waals surface area contributed by atoms with E-state index in [0.29, 0.717) is 5.56 Å². The van der Waals surface area contributed by atoms with Crippen LogP contribution in [0.1, 0.15) is 62.4 Å². The normalized spacial score (nSPS) is 24.5. The molecule has 6 heteroatoms. The van der Waals surface area contributed by atoms with Gasteiger partial charge in [-0.1, -0.05) is 12.1 Å². The van der Waals surface area contributed by atoms with Crippen LogP contribution in [0.3, 0.4) is 0 Å². The van der Waals surface area contributed by atoms with E-state index < -0.39 is 29.0 Å². The summed E-state index contributed by atoms with van der Waals surface area (Å²) in [5.74, 6) is -1.93. The Bertz CT molecular complexity index is 957. The summed E-state index contributed by atoms with van der Waals surface area (Å²) in [6.07, 6.45) is -0.997. The molecule has 0 saturated carbocycles. The molecule has 0 spiro atoms. The SMILES string of the molecule is CC1(O)Cc2cc3c(c(O)c2C(O)C1)C(=O)c1c(O)cccc1C3=O. The molecule has 4 N–H and O–H groups in total. The van der Waals surface area contributed by atoms with Crippen LogP contribution in [0.15, 0.2) is 24.3 Å². The number of aliphatic hydroxyl groups is 2. The Morgan fingerprint density at radius 2 is 1.80 bits per heavy atom. The number of hydrogen-bond donors (Lipinski definition) is 4. The smallest absolute Gasteiger partial charge is 0.201 e. The van der Waals surface area contributed by atoms with Crippen LogP contribution in [0.2, 0.25) is 0 Å². The Kier molecular flexibility index (Phi) is 3.10. The number of benzene rings is 2. The number of phenols is 2. The lowest BCUT2D eigenvalue weighted by molar-refractivity contribution is -0.00831. The van der Waals surface area contributed by atoms with Gasteiger partial charge in [0, 0.05) is 29.5 Å². The maximum atomic E-state index is 12.8. The monoisotopic (exact) mass is 340 g/mol. The van der Waals surface area contributed by atoms with Crippen molar-refractivity contribution in [1.82, 2.24) is 0 Å². The Labute approximate surface area is 143 Å². The molecular formula is C19H16O6. The minimum Gasteiger partial charge on any atom is -0.507 e. The summed E-state index contributed by atoms with van der Waals surface area (Å²) in [6, 6.07) is 5.67. The number of aromatic hydroxyl groups is 2. The lowest BCUT2D eigenvalue weighted by Gasteiger charge is -2.35. The molecule has 0 amide bonds. The minimum absolute atomic E-state index is 0.0102. The highest BCUT2D eigenvalue weighted by molar-refractivity contribution is 6.30. The third-order valence-corrected chi connectivity index (χ3v) is 4.95. The first-order chi connectivity index (χ1) is 11.7. The van der Waals surface area contributed by atoms with Gasteiger partial charge < -0.3 is 20.4 Å². The van der Waals surface area contributed by atoms with Crippen LogP contribution in [0.25, 0.3) is 0 Å². The summed E-state index contributed by atoms with van der Waals surface area (Å²) in [7, 11) is 0. The Balaban J connectivity index is 2.01. The van der Waals surface area contributed by atoms with Crippen LogP contribution in [-0.4, -0.2) is 37.6 Å². The summed E-state index contributed by atoms with van der Waals surface area (Å²) < 4.78 is 0. The first-order valence-corrected chi connectivity index (χ1v) is 7.92. The molecule has 0 saturated heterocycles. The van der Waals surface area contributed by atoms with E-state index >= 15 is 0 Å². The van der Waals surface area contributed by atoms with Crippen molar-refractivity contribution in [3.05, 3.63) is 57.6 Å². The standard InChI is InChI=1S/C19H16O6/c1-19(25)6-8-5-10-15(17(23)13(8)12(21)7-19)18(24)14-9(16(10)22)3-2-4-11(14)20/h2-5,12,20-21,23,25H,6-7H2,1H3. The van der Waals surface area contributed by atoms with E-state index in [1.54, 1.807) is 6.92 Å². The largest absolute Gasteiger partial charge is 0.507 e. The van der Waals surface area contributed by atoms with Gasteiger partial charge in [-0.25, -0.2) is 0 Å². The average molecular weight is 340 g/mol. The molecule has 0 heterocycles. The van der Waals surface area contributed by atoms with E-state index in [1.807, 2.05) is 0 Å². The summed E-state index contributed by atoms with van der Waals surface area (Å²) in [5, 5.41) is 41.2. The molecule has 2 unspecified atom stereocenters. The number of phenolic OH excluding ortho intramolecular Hbond substituents is 2. The maximum absolute atomic E-state index is 12.8. The van der Waals surface area contributed by atoms with Gasteiger partial charge in [-0.2, -0.15) is 0 Å². The summed E-state index contributed by atoms with van der Waals surface area (Å²) >= 11 is 0. The molecule has 0 radical (unpaired) electrons. The van der Waals surface area contributed by atoms with Gasteiger partial charge in [-0.3, -0.25) is 9.59 Å². The third-order valence-electron chi connectivity index (χ3n) is 4.95. The molecule has 0 bridgehead atoms. The third kappa shape index (κ3) is 2.11. The number of fused-ring (bicyclic) bond motifs is 3. The van der Waals surface area contributed by atoms with Gasteiger partial charge >= 0.3 is 0 Å². The first-order valence-electron chi connectivity index (χ1n) is 7.92. The van der Waals surface area contributed by atoms with Gasteiger partial charge in [0.05, 0.1) is 22.8 Å². The van der Waals surface area contributed by atoms with Gasteiger partial charge in [-0.05, 0) is 24.6 Å². The number of carbonyl (C=O) groups is 2. The molecule has 0 fully saturated rings. The fraction of sp³-hybridized carbons (Fsp3) is 0.263. The van der Waals surface area contributed by atoms with Crippen LogP contribution in [0, 0.1) is 0 Å². The van der Waals surface area contributed by atoms with Crippen LogP contribution in [-0.2, 0) is 6.42 Å². The van der Waals surface area contributed by atoms with Crippen LogP contribution < -0.4 is 0 Å². The van der Waals surface area contributed by atoms with Crippen LogP contribution >= 0.6 is 0 Å². The van der Waals surface area contributed by atoms with Gasteiger partial charge in [0.15, 0.2) is 5.78 Å². The van der Waals surface area contributed by atoms with Crippen molar-refractivity contribution in [3.8, 4) is 11.5 Å². The summed E-state index contributed by atoms with van der Waals surface area (Å²) in [5.41, 5.74) is -0.851.